The lowest BCUT2D eigenvalue weighted by Crippen LogP contribution is -1.97. The van der Waals surface area contributed by atoms with Crippen LogP contribution in [0.25, 0.3) is 0 Å². The first-order valence-corrected chi connectivity index (χ1v) is 6.17. The first kappa shape index (κ1) is 14.2. The van der Waals surface area contributed by atoms with E-state index in [1.54, 1.807) is 12.1 Å². The Morgan fingerprint density at radius 1 is 1.11 bits per heavy atom. The number of unbranched alkanes of at least 4 members (excludes halogenated alkanes) is 4. The van der Waals surface area contributed by atoms with Crippen LogP contribution in [0.15, 0.2) is 24.3 Å². The van der Waals surface area contributed by atoms with Crippen LogP contribution in [0.3, 0.4) is 0 Å². The number of nitrogens with two attached hydrogens (primary N) is 1. The molecule has 0 aromatic heterocycles. The number of hydrogen-bond acceptors (Lipinski definition) is 3. The highest BCUT2D eigenvalue weighted by Gasteiger charge is 2.01. The van der Waals surface area contributed by atoms with Gasteiger partial charge in [0.25, 0.3) is 5.69 Å². The SMILES string of the molecule is NCCCCCCC#Cc1ccc([N+](=O)[O-])cc1. The minimum absolute atomic E-state index is 0.0994. The van der Waals surface area contributed by atoms with Crippen LogP contribution in [0.4, 0.5) is 5.69 Å². The van der Waals surface area contributed by atoms with Crippen LogP contribution in [-0.4, -0.2) is 11.5 Å². The summed E-state index contributed by atoms with van der Waals surface area (Å²) in [6, 6.07) is 6.32. The van der Waals surface area contributed by atoms with Gasteiger partial charge in [0.2, 0.25) is 0 Å². The zero-order valence-corrected chi connectivity index (χ0v) is 10.4. The molecule has 0 aliphatic rings. The van der Waals surface area contributed by atoms with Gasteiger partial charge in [-0.3, -0.25) is 10.1 Å². The van der Waals surface area contributed by atoms with Crippen LogP contribution < -0.4 is 5.73 Å². The third-order valence-electron chi connectivity index (χ3n) is 2.57. The molecule has 0 unspecified atom stereocenters. The molecule has 0 spiro atoms. The van der Waals surface area contributed by atoms with Crippen LogP contribution in [-0.2, 0) is 0 Å². The van der Waals surface area contributed by atoms with Crippen molar-refractivity contribution in [3.8, 4) is 11.8 Å². The van der Waals surface area contributed by atoms with Crippen molar-refractivity contribution in [2.45, 2.75) is 32.1 Å². The zero-order valence-electron chi connectivity index (χ0n) is 10.4. The molecule has 0 aliphatic heterocycles. The molecule has 4 nitrogen and oxygen atoms in total. The van der Waals surface area contributed by atoms with E-state index < -0.39 is 4.92 Å². The van der Waals surface area contributed by atoms with Gasteiger partial charge in [-0.25, -0.2) is 0 Å². The van der Waals surface area contributed by atoms with Crippen molar-refractivity contribution in [3.05, 3.63) is 39.9 Å². The maximum atomic E-state index is 10.5. The molecule has 1 rings (SSSR count). The standard InChI is InChI=1S/C14H18N2O2/c15-12-6-4-2-1-3-5-7-13-8-10-14(11-9-13)16(17)18/h8-11H,1-4,6,12,15H2. The van der Waals surface area contributed by atoms with Crippen LogP contribution in [0.5, 0.6) is 0 Å². The van der Waals surface area contributed by atoms with Crippen LogP contribution in [0.2, 0.25) is 0 Å². The molecule has 0 heterocycles. The molecule has 4 heteroatoms. The summed E-state index contributed by atoms with van der Waals surface area (Å²) in [4.78, 5) is 10.1. The number of hydrogen-bond donors (Lipinski definition) is 1. The maximum Gasteiger partial charge on any atom is 0.269 e. The Hall–Kier alpha value is -1.86. The molecule has 0 aliphatic carbocycles. The Morgan fingerprint density at radius 2 is 1.78 bits per heavy atom. The van der Waals surface area contributed by atoms with Gasteiger partial charge in [-0.2, -0.15) is 0 Å². The summed E-state index contributed by atoms with van der Waals surface area (Å²) in [6.07, 6.45) is 5.35. The van der Waals surface area contributed by atoms with Gasteiger partial charge in [0.15, 0.2) is 0 Å². The lowest BCUT2D eigenvalue weighted by atomic mass is 10.1. The highest BCUT2D eigenvalue weighted by atomic mass is 16.6. The van der Waals surface area contributed by atoms with Crippen molar-refractivity contribution in [2.75, 3.05) is 6.54 Å². The molecule has 0 bridgehead atoms. The van der Waals surface area contributed by atoms with Gasteiger partial charge in [-0.15, -0.1) is 0 Å². The van der Waals surface area contributed by atoms with Gasteiger partial charge in [0.05, 0.1) is 4.92 Å². The average molecular weight is 246 g/mol. The summed E-state index contributed by atoms with van der Waals surface area (Å²) < 4.78 is 0. The molecule has 0 amide bonds. The lowest BCUT2D eigenvalue weighted by molar-refractivity contribution is -0.384. The number of nitro groups is 1. The normalized spacial score (nSPS) is 9.61. The van der Waals surface area contributed by atoms with Gasteiger partial charge < -0.3 is 5.73 Å². The second kappa shape index (κ2) is 8.26. The number of benzene rings is 1. The molecular formula is C14H18N2O2. The average Bonchev–Trinajstić information content (AvgIpc) is 2.38. The van der Waals surface area contributed by atoms with E-state index in [2.05, 4.69) is 11.8 Å². The van der Waals surface area contributed by atoms with Gasteiger partial charge in [-0.05, 0) is 31.5 Å². The minimum atomic E-state index is -0.408. The predicted molar refractivity (Wildman–Crippen MR) is 72.1 cm³/mol. The Balaban J connectivity index is 2.32. The summed E-state index contributed by atoms with van der Waals surface area (Å²) in [5.74, 6) is 6.08. The van der Waals surface area contributed by atoms with Crippen molar-refractivity contribution in [3.63, 3.8) is 0 Å². The van der Waals surface area contributed by atoms with Crippen LogP contribution >= 0.6 is 0 Å². The van der Waals surface area contributed by atoms with Crippen LogP contribution in [0, 0.1) is 22.0 Å². The van der Waals surface area contributed by atoms with Gasteiger partial charge in [0, 0.05) is 24.1 Å². The highest BCUT2D eigenvalue weighted by molar-refractivity contribution is 5.40. The molecular weight excluding hydrogens is 228 g/mol. The molecule has 0 radical (unpaired) electrons. The fraction of sp³-hybridized carbons (Fsp3) is 0.429. The van der Waals surface area contributed by atoms with Crippen molar-refractivity contribution in [1.29, 1.82) is 0 Å². The van der Waals surface area contributed by atoms with Crippen molar-refractivity contribution in [1.82, 2.24) is 0 Å². The summed E-state index contributed by atoms with van der Waals surface area (Å²) in [5.41, 5.74) is 6.32. The van der Waals surface area contributed by atoms with Gasteiger partial charge >= 0.3 is 0 Å². The molecule has 18 heavy (non-hydrogen) atoms. The Bertz CT molecular complexity index is 429. The molecule has 1 aromatic rings. The molecule has 96 valence electrons. The van der Waals surface area contributed by atoms with Gasteiger partial charge in [-0.1, -0.05) is 24.7 Å². The fourth-order valence-electron chi connectivity index (χ4n) is 1.54. The second-order valence-corrected chi connectivity index (χ2v) is 4.06. The van der Waals surface area contributed by atoms with E-state index in [4.69, 9.17) is 5.73 Å². The minimum Gasteiger partial charge on any atom is -0.330 e. The van der Waals surface area contributed by atoms with Gasteiger partial charge in [0.1, 0.15) is 0 Å². The molecule has 0 fully saturated rings. The lowest BCUT2D eigenvalue weighted by Gasteiger charge is -1.94. The third kappa shape index (κ3) is 5.46. The summed E-state index contributed by atoms with van der Waals surface area (Å²) in [6.45, 7) is 0.758. The topological polar surface area (TPSA) is 69.2 Å². The quantitative estimate of drug-likeness (QED) is 0.363. The van der Waals surface area contributed by atoms with E-state index in [1.165, 1.54) is 12.1 Å². The largest absolute Gasteiger partial charge is 0.330 e. The van der Waals surface area contributed by atoms with E-state index >= 15 is 0 Å². The maximum absolute atomic E-state index is 10.5. The first-order chi connectivity index (χ1) is 8.74. The van der Waals surface area contributed by atoms with E-state index in [-0.39, 0.29) is 5.69 Å². The number of non-ortho nitro benzene ring substituents is 1. The van der Waals surface area contributed by atoms with Crippen molar-refractivity contribution in [2.24, 2.45) is 5.73 Å². The Labute approximate surface area is 107 Å². The van der Waals surface area contributed by atoms with Crippen LogP contribution in [0.1, 0.15) is 37.7 Å². The van der Waals surface area contributed by atoms with Crippen molar-refractivity contribution < 1.29 is 4.92 Å². The Kier molecular flexibility index (Phi) is 6.52. The van der Waals surface area contributed by atoms with E-state index in [0.29, 0.717) is 0 Å². The number of rotatable bonds is 6. The molecule has 0 atom stereocenters. The zero-order chi connectivity index (χ0) is 13.2. The predicted octanol–water partition coefficient (Wildman–Crippen LogP) is 2.86. The Morgan fingerprint density at radius 3 is 2.39 bits per heavy atom. The van der Waals surface area contributed by atoms with E-state index in [9.17, 15) is 10.1 Å². The first-order valence-electron chi connectivity index (χ1n) is 6.17. The highest BCUT2D eigenvalue weighted by Crippen LogP contribution is 2.11. The monoisotopic (exact) mass is 246 g/mol. The third-order valence-corrected chi connectivity index (χ3v) is 2.57. The summed E-state index contributed by atoms with van der Waals surface area (Å²) in [5, 5.41) is 10.5. The van der Waals surface area contributed by atoms with E-state index in [1.807, 2.05) is 0 Å². The molecule has 2 N–H and O–H groups in total. The van der Waals surface area contributed by atoms with E-state index in [0.717, 1.165) is 44.2 Å². The number of nitro benzene ring substituents is 1. The second-order valence-electron chi connectivity index (χ2n) is 4.06. The van der Waals surface area contributed by atoms with Crippen molar-refractivity contribution >= 4 is 5.69 Å². The number of nitrogens with zero attached hydrogens (tertiary/aromatic N) is 1. The molecule has 0 saturated heterocycles. The summed E-state index contributed by atoms with van der Waals surface area (Å²) in [7, 11) is 0. The fourth-order valence-corrected chi connectivity index (χ4v) is 1.54. The summed E-state index contributed by atoms with van der Waals surface area (Å²) >= 11 is 0. The molecule has 0 saturated carbocycles. The molecule has 1 aromatic carbocycles. The smallest absolute Gasteiger partial charge is 0.269 e.